The number of nitrogens with zero attached hydrogens (tertiary/aromatic N) is 2. The predicted octanol–water partition coefficient (Wildman–Crippen LogP) is 3.75. The Bertz CT molecular complexity index is 1160. The molecule has 1 atom stereocenters. The molecule has 0 radical (unpaired) electrons. The first kappa shape index (κ1) is 23.8. The van der Waals surface area contributed by atoms with Gasteiger partial charge in [0.15, 0.2) is 0 Å². The topological polar surface area (TPSA) is 86.8 Å². The van der Waals surface area contributed by atoms with Crippen molar-refractivity contribution in [1.82, 2.24) is 4.31 Å². The molecule has 1 fully saturated rings. The van der Waals surface area contributed by atoms with Gasteiger partial charge in [0, 0.05) is 35.3 Å². The third-order valence-corrected chi connectivity index (χ3v) is 9.29. The van der Waals surface area contributed by atoms with E-state index in [0.717, 1.165) is 35.4 Å². The highest BCUT2D eigenvalue weighted by atomic mass is 32.2. The van der Waals surface area contributed by atoms with E-state index in [1.54, 1.807) is 18.2 Å². The fraction of sp³-hybridized carbons (Fsp3) is 0.417. The van der Waals surface area contributed by atoms with E-state index >= 15 is 0 Å². The summed E-state index contributed by atoms with van der Waals surface area (Å²) in [5, 5.41) is 2.92. The number of carbonyl (C=O) groups excluding carboxylic acids is 2. The lowest BCUT2D eigenvalue weighted by Crippen LogP contribution is -2.41. The highest BCUT2D eigenvalue weighted by molar-refractivity contribution is 7.99. The van der Waals surface area contributed by atoms with Gasteiger partial charge in [0.1, 0.15) is 6.54 Å². The van der Waals surface area contributed by atoms with Crippen molar-refractivity contribution < 1.29 is 18.0 Å². The Labute approximate surface area is 199 Å². The number of benzene rings is 2. The van der Waals surface area contributed by atoms with E-state index in [1.165, 1.54) is 21.0 Å². The quantitative estimate of drug-likeness (QED) is 0.671. The summed E-state index contributed by atoms with van der Waals surface area (Å²) in [6, 6.07) is 12.5. The molecule has 0 aromatic heterocycles. The number of fused-ring (bicyclic) bond motifs is 1. The summed E-state index contributed by atoms with van der Waals surface area (Å²) in [7, 11) is -3.64. The first-order valence-corrected chi connectivity index (χ1v) is 13.7. The maximum Gasteiger partial charge on any atom is 0.244 e. The lowest BCUT2D eigenvalue weighted by molar-refractivity contribution is -0.123. The van der Waals surface area contributed by atoms with Crippen LogP contribution in [0, 0.1) is 5.92 Å². The minimum absolute atomic E-state index is 0.160. The number of hydrogen-bond donors (Lipinski definition) is 1. The van der Waals surface area contributed by atoms with Crippen LogP contribution in [-0.4, -0.2) is 49.9 Å². The number of sulfonamides is 1. The molecule has 2 aliphatic rings. The zero-order valence-electron chi connectivity index (χ0n) is 18.9. The highest BCUT2D eigenvalue weighted by Gasteiger charge is 2.33. The van der Waals surface area contributed by atoms with Crippen molar-refractivity contribution >= 4 is 45.0 Å². The van der Waals surface area contributed by atoms with Crippen molar-refractivity contribution in [2.24, 2.45) is 5.92 Å². The summed E-state index contributed by atoms with van der Waals surface area (Å²) < 4.78 is 27.7. The number of nitrogens with one attached hydrogen (secondary N) is 1. The number of carbonyl (C=O) groups is 2. The SMILES string of the molecule is CCc1ccccc1NC(=O)CN1C(=O)[C@@H](C)CSc2ccc(S(=O)(=O)N3CCCC3)cc21. The van der Waals surface area contributed by atoms with Gasteiger partial charge in [-0.1, -0.05) is 32.0 Å². The lowest BCUT2D eigenvalue weighted by atomic mass is 10.1. The molecular formula is C24H29N3O4S2. The molecular weight excluding hydrogens is 458 g/mol. The van der Waals surface area contributed by atoms with Crippen molar-refractivity contribution in [1.29, 1.82) is 0 Å². The molecule has 0 spiro atoms. The van der Waals surface area contributed by atoms with E-state index in [9.17, 15) is 18.0 Å². The van der Waals surface area contributed by atoms with E-state index in [0.29, 0.717) is 24.5 Å². The Hall–Kier alpha value is -2.36. The summed E-state index contributed by atoms with van der Waals surface area (Å²) >= 11 is 1.51. The van der Waals surface area contributed by atoms with Crippen LogP contribution in [0.2, 0.25) is 0 Å². The van der Waals surface area contributed by atoms with E-state index in [4.69, 9.17) is 0 Å². The molecule has 1 N–H and O–H groups in total. The van der Waals surface area contributed by atoms with Gasteiger partial charge >= 0.3 is 0 Å². The van der Waals surface area contributed by atoms with Crippen LogP contribution in [-0.2, 0) is 26.0 Å². The number of hydrogen-bond acceptors (Lipinski definition) is 5. The molecule has 0 saturated carbocycles. The molecule has 0 aliphatic carbocycles. The van der Waals surface area contributed by atoms with Gasteiger partial charge in [-0.2, -0.15) is 4.31 Å². The monoisotopic (exact) mass is 487 g/mol. The number of para-hydroxylation sites is 1. The van der Waals surface area contributed by atoms with Gasteiger partial charge in [-0.05, 0) is 49.1 Å². The molecule has 176 valence electrons. The summed E-state index contributed by atoms with van der Waals surface area (Å²) in [6.07, 6.45) is 2.47. The highest BCUT2D eigenvalue weighted by Crippen LogP contribution is 2.38. The van der Waals surface area contributed by atoms with Crippen LogP contribution in [0.15, 0.2) is 52.3 Å². The van der Waals surface area contributed by atoms with Crippen LogP contribution in [0.4, 0.5) is 11.4 Å². The fourth-order valence-electron chi connectivity index (χ4n) is 4.19. The Kier molecular flexibility index (Phi) is 7.11. The van der Waals surface area contributed by atoms with Gasteiger partial charge < -0.3 is 10.2 Å². The van der Waals surface area contributed by atoms with Crippen molar-refractivity contribution in [3.8, 4) is 0 Å². The van der Waals surface area contributed by atoms with Crippen LogP contribution in [0.5, 0.6) is 0 Å². The van der Waals surface area contributed by atoms with Gasteiger partial charge in [0.25, 0.3) is 0 Å². The number of rotatable bonds is 6. The van der Waals surface area contributed by atoms with Crippen molar-refractivity contribution in [3.63, 3.8) is 0 Å². The molecule has 2 aliphatic heterocycles. The molecule has 7 nitrogen and oxygen atoms in total. The minimum Gasteiger partial charge on any atom is -0.324 e. The Morgan fingerprint density at radius 1 is 1.15 bits per heavy atom. The van der Waals surface area contributed by atoms with Crippen LogP contribution in [0.3, 0.4) is 0 Å². The van der Waals surface area contributed by atoms with Crippen LogP contribution >= 0.6 is 11.8 Å². The largest absolute Gasteiger partial charge is 0.324 e. The predicted molar refractivity (Wildman–Crippen MR) is 131 cm³/mol. The first-order valence-electron chi connectivity index (χ1n) is 11.3. The zero-order chi connectivity index (χ0) is 23.6. The standard InChI is InChI=1S/C24H29N3O4S2/c1-3-18-8-4-5-9-20(18)25-23(28)15-27-21-14-19(33(30,31)26-12-6-7-13-26)10-11-22(21)32-16-17(2)24(27)29/h4-5,8-11,14,17H,3,6-7,12-13,15-16H2,1-2H3,(H,25,28)/t17-/m0/s1. The average Bonchev–Trinajstić information content (AvgIpc) is 3.33. The Morgan fingerprint density at radius 3 is 2.61 bits per heavy atom. The van der Waals surface area contributed by atoms with Gasteiger partial charge in [-0.15, -0.1) is 11.8 Å². The van der Waals surface area contributed by atoms with E-state index in [1.807, 2.05) is 38.1 Å². The first-order chi connectivity index (χ1) is 15.8. The summed E-state index contributed by atoms with van der Waals surface area (Å²) in [5.74, 6) is -0.226. The molecule has 1 saturated heterocycles. The Morgan fingerprint density at radius 2 is 1.88 bits per heavy atom. The number of anilines is 2. The normalized spacial score (nSPS) is 19.3. The van der Waals surface area contributed by atoms with Crippen LogP contribution in [0.1, 0.15) is 32.3 Å². The smallest absolute Gasteiger partial charge is 0.244 e. The van der Waals surface area contributed by atoms with Crippen molar-refractivity contribution in [2.75, 3.05) is 35.6 Å². The maximum atomic E-state index is 13.2. The molecule has 9 heteroatoms. The molecule has 2 amide bonds. The molecule has 33 heavy (non-hydrogen) atoms. The number of thioether (sulfide) groups is 1. The van der Waals surface area contributed by atoms with E-state index < -0.39 is 10.0 Å². The third kappa shape index (κ3) is 4.95. The third-order valence-electron chi connectivity index (χ3n) is 6.07. The fourth-order valence-corrected chi connectivity index (χ4v) is 6.78. The van der Waals surface area contributed by atoms with Crippen molar-refractivity contribution in [2.45, 2.75) is 42.9 Å². The molecule has 4 rings (SSSR count). The zero-order valence-corrected chi connectivity index (χ0v) is 20.5. The second-order valence-corrected chi connectivity index (χ2v) is 11.4. The molecule has 2 aromatic carbocycles. The van der Waals surface area contributed by atoms with Gasteiger partial charge in [-0.3, -0.25) is 9.59 Å². The summed E-state index contributed by atoms with van der Waals surface area (Å²) in [4.78, 5) is 28.6. The maximum absolute atomic E-state index is 13.2. The lowest BCUT2D eigenvalue weighted by Gasteiger charge is -2.25. The van der Waals surface area contributed by atoms with Crippen molar-refractivity contribution in [3.05, 3.63) is 48.0 Å². The summed E-state index contributed by atoms with van der Waals surface area (Å²) in [6.45, 7) is 4.68. The Balaban J connectivity index is 1.66. The second kappa shape index (κ2) is 9.87. The number of amides is 2. The van der Waals surface area contributed by atoms with Gasteiger partial charge in [0.05, 0.1) is 10.6 Å². The average molecular weight is 488 g/mol. The van der Waals surface area contributed by atoms with E-state index in [2.05, 4.69) is 5.32 Å². The molecule has 0 unspecified atom stereocenters. The molecule has 2 heterocycles. The summed E-state index contributed by atoms with van der Waals surface area (Å²) in [5.41, 5.74) is 2.21. The van der Waals surface area contributed by atoms with E-state index in [-0.39, 0.29) is 29.2 Å². The molecule has 0 bridgehead atoms. The van der Waals surface area contributed by atoms with Crippen LogP contribution in [0.25, 0.3) is 0 Å². The molecule has 2 aromatic rings. The van der Waals surface area contributed by atoms with Gasteiger partial charge in [-0.25, -0.2) is 8.42 Å². The van der Waals surface area contributed by atoms with Gasteiger partial charge in [0.2, 0.25) is 21.8 Å². The number of aryl methyl sites for hydroxylation is 1. The minimum atomic E-state index is -3.64. The van der Waals surface area contributed by atoms with Crippen LogP contribution < -0.4 is 10.2 Å². The second-order valence-electron chi connectivity index (χ2n) is 8.44.